The van der Waals surface area contributed by atoms with Gasteiger partial charge in [-0.1, -0.05) is 0 Å². The molecule has 82 valence electrons. The van der Waals surface area contributed by atoms with Crippen LogP contribution in [-0.4, -0.2) is 31.2 Å². The van der Waals surface area contributed by atoms with E-state index in [0.717, 1.165) is 0 Å². The minimum Gasteiger partial charge on any atom is -0.493 e. The summed E-state index contributed by atoms with van der Waals surface area (Å²) in [4.78, 5) is 11.5. The fourth-order valence-corrected chi connectivity index (χ4v) is 1.23. The van der Waals surface area contributed by atoms with E-state index in [1.807, 2.05) is 0 Å². The zero-order chi connectivity index (χ0) is 11.4. The molecule has 0 aliphatic carbocycles. The van der Waals surface area contributed by atoms with Gasteiger partial charge in [0.1, 0.15) is 6.10 Å². The maximum Gasteiger partial charge on any atom is 0.191 e. The summed E-state index contributed by atoms with van der Waals surface area (Å²) in [6.45, 7) is 1.43. The van der Waals surface area contributed by atoms with Crippen molar-refractivity contribution < 1.29 is 19.4 Å². The maximum absolute atomic E-state index is 11.5. The predicted octanol–water partition coefficient (Wildman–Crippen LogP) is 1.27. The molecule has 0 heterocycles. The summed E-state index contributed by atoms with van der Waals surface area (Å²) < 4.78 is 10.1. The highest BCUT2D eigenvalue weighted by atomic mass is 16.5. The molecule has 1 aromatic rings. The van der Waals surface area contributed by atoms with Crippen molar-refractivity contribution >= 4 is 5.78 Å². The van der Waals surface area contributed by atoms with Gasteiger partial charge in [0, 0.05) is 5.56 Å². The largest absolute Gasteiger partial charge is 0.493 e. The zero-order valence-electron chi connectivity index (χ0n) is 8.98. The Kier molecular flexibility index (Phi) is 3.68. The van der Waals surface area contributed by atoms with Crippen LogP contribution in [0.4, 0.5) is 0 Å². The number of hydrogen-bond donors (Lipinski definition) is 1. The third-order valence-electron chi connectivity index (χ3n) is 2.05. The summed E-state index contributed by atoms with van der Waals surface area (Å²) in [7, 11) is 3.02. The lowest BCUT2D eigenvalue weighted by molar-refractivity contribution is 0.0779. The third kappa shape index (κ3) is 2.47. The lowest BCUT2D eigenvalue weighted by Gasteiger charge is -2.09. The number of aliphatic hydroxyl groups is 1. The van der Waals surface area contributed by atoms with Gasteiger partial charge in [-0.25, -0.2) is 0 Å². The lowest BCUT2D eigenvalue weighted by atomic mass is 10.1. The third-order valence-corrected chi connectivity index (χ3v) is 2.05. The average Bonchev–Trinajstić information content (AvgIpc) is 2.26. The van der Waals surface area contributed by atoms with E-state index in [9.17, 15) is 4.79 Å². The molecule has 0 aliphatic heterocycles. The number of ether oxygens (including phenoxy) is 2. The van der Waals surface area contributed by atoms with Crippen molar-refractivity contribution in [1.82, 2.24) is 0 Å². The number of rotatable bonds is 4. The molecule has 0 fully saturated rings. The molecular formula is C11H14O4. The summed E-state index contributed by atoms with van der Waals surface area (Å²) in [6.07, 6.45) is -1.01. The molecule has 0 saturated heterocycles. The lowest BCUT2D eigenvalue weighted by Crippen LogP contribution is -2.16. The highest BCUT2D eigenvalue weighted by Crippen LogP contribution is 2.27. The molecule has 0 radical (unpaired) electrons. The van der Waals surface area contributed by atoms with E-state index in [-0.39, 0.29) is 5.78 Å². The fourth-order valence-electron chi connectivity index (χ4n) is 1.23. The van der Waals surface area contributed by atoms with Gasteiger partial charge in [-0.3, -0.25) is 4.79 Å². The van der Waals surface area contributed by atoms with Crippen molar-refractivity contribution in [2.45, 2.75) is 13.0 Å². The van der Waals surface area contributed by atoms with E-state index in [1.54, 1.807) is 18.2 Å². The van der Waals surface area contributed by atoms with Crippen molar-refractivity contribution in [2.24, 2.45) is 0 Å². The first kappa shape index (κ1) is 11.5. The first-order valence-electron chi connectivity index (χ1n) is 4.54. The van der Waals surface area contributed by atoms with E-state index in [2.05, 4.69) is 0 Å². The molecule has 0 saturated carbocycles. The molecular weight excluding hydrogens is 196 g/mol. The van der Waals surface area contributed by atoms with Gasteiger partial charge in [0.15, 0.2) is 17.3 Å². The molecule has 1 aromatic carbocycles. The van der Waals surface area contributed by atoms with Gasteiger partial charge in [0.2, 0.25) is 0 Å². The second-order valence-corrected chi connectivity index (χ2v) is 3.11. The van der Waals surface area contributed by atoms with Crippen LogP contribution in [0.2, 0.25) is 0 Å². The van der Waals surface area contributed by atoms with E-state index in [4.69, 9.17) is 14.6 Å². The number of carbonyl (C=O) groups excluding carboxylic acids is 1. The standard InChI is InChI=1S/C11H14O4/c1-7(12)11(13)8-4-5-9(14-2)10(6-8)15-3/h4-7,12H,1-3H3. The van der Waals surface area contributed by atoms with Gasteiger partial charge in [-0.2, -0.15) is 0 Å². The fraction of sp³-hybridized carbons (Fsp3) is 0.364. The van der Waals surface area contributed by atoms with Gasteiger partial charge in [0.25, 0.3) is 0 Å². The molecule has 1 unspecified atom stereocenters. The van der Waals surface area contributed by atoms with Crippen LogP contribution in [0.5, 0.6) is 11.5 Å². The highest BCUT2D eigenvalue weighted by Gasteiger charge is 2.14. The minimum absolute atomic E-state index is 0.337. The molecule has 0 spiro atoms. The van der Waals surface area contributed by atoms with Gasteiger partial charge in [-0.15, -0.1) is 0 Å². The van der Waals surface area contributed by atoms with E-state index >= 15 is 0 Å². The Labute approximate surface area is 88.4 Å². The van der Waals surface area contributed by atoms with Crippen LogP contribution in [0.25, 0.3) is 0 Å². The monoisotopic (exact) mass is 210 g/mol. The Bertz CT molecular complexity index is 358. The number of ketones is 1. The smallest absolute Gasteiger partial charge is 0.191 e. The van der Waals surface area contributed by atoms with Gasteiger partial charge in [-0.05, 0) is 25.1 Å². The Morgan fingerprint density at radius 2 is 1.87 bits per heavy atom. The Hall–Kier alpha value is -1.55. The van der Waals surface area contributed by atoms with Crippen LogP contribution in [0.1, 0.15) is 17.3 Å². The van der Waals surface area contributed by atoms with E-state index in [1.165, 1.54) is 21.1 Å². The zero-order valence-corrected chi connectivity index (χ0v) is 8.98. The van der Waals surface area contributed by atoms with Crippen LogP contribution in [-0.2, 0) is 0 Å². The number of carbonyl (C=O) groups is 1. The van der Waals surface area contributed by atoms with Crippen LogP contribution >= 0.6 is 0 Å². The summed E-state index contributed by atoms with van der Waals surface area (Å²) in [5.41, 5.74) is 0.405. The van der Waals surface area contributed by atoms with Crippen molar-refractivity contribution in [2.75, 3.05) is 14.2 Å². The first-order chi connectivity index (χ1) is 7.10. The number of hydrogen-bond acceptors (Lipinski definition) is 4. The van der Waals surface area contributed by atoms with Crippen LogP contribution in [0.3, 0.4) is 0 Å². The Morgan fingerprint density at radius 1 is 1.27 bits per heavy atom. The topological polar surface area (TPSA) is 55.8 Å². The number of aliphatic hydroxyl groups excluding tert-OH is 1. The van der Waals surface area contributed by atoms with E-state index < -0.39 is 6.10 Å². The average molecular weight is 210 g/mol. The van der Waals surface area contributed by atoms with Crippen LogP contribution < -0.4 is 9.47 Å². The molecule has 1 atom stereocenters. The number of Topliss-reactive ketones (excluding diaryl/α,β-unsaturated/α-hetero) is 1. The molecule has 15 heavy (non-hydrogen) atoms. The quantitative estimate of drug-likeness (QED) is 0.760. The SMILES string of the molecule is COc1ccc(C(=O)C(C)O)cc1OC. The van der Waals surface area contributed by atoms with E-state index in [0.29, 0.717) is 17.1 Å². The van der Waals surface area contributed by atoms with Crippen molar-refractivity contribution in [3.05, 3.63) is 23.8 Å². The highest BCUT2D eigenvalue weighted by molar-refractivity contribution is 5.99. The Balaban J connectivity index is 3.08. The van der Waals surface area contributed by atoms with Crippen molar-refractivity contribution in [3.8, 4) is 11.5 Å². The molecule has 1 N–H and O–H groups in total. The number of methoxy groups -OCH3 is 2. The van der Waals surface area contributed by atoms with Crippen molar-refractivity contribution in [3.63, 3.8) is 0 Å². The maximum atomic E-state index is 11.5. The molecule has 0 amide bonds. The summed E-state index contributed by atoms with van der Waals surface area (Å²) >= 11 is 0. The molecule has 4 nitrogen and oxygen atoms in total. The normalized spacial score (nSPS) is 12.0. The van der Waals surface area contributed by atoms with Crippen molar-refractivity contribution in [1.29, 1.82) is 0 Å². The predicted molar refractivity (Wildman–Crippen MR) is 55.6 cm³/mol. The second kappa shape index (κ2) is 4.79. The van der Waals surface area contributed by atoms with Gasteiger partial charge >= 0.3 is 0 Å². The molecule has 0 bridgehead atoms. The molecule has 0 aliphatic rings. The second-order valence-electron chi connectivity index (χ2n) is 3.11. The Morgan fingerprint density at radius 3 is 2.33 bits per heavy atom. The van der Waals surface area contributed by atoms with Gasteiger partial charge < -0.3 is 14.6 Å². The van der Waals surface area contributed by atoms with Crippen LogP contribution in [0, 0.1) is 0 Å². The summed E-state index contributed by atoms with van der Waals surface area (Å²) in [6, 6.07) is 4.78. The molecule has 0 aromatic heterocycles. The minimum atomic E-state index is -1.01. The summed E-state index contributed by atoms with van der Waals surface area (Å²) in [5, 5.41) is 9.14. The number of benzene rings is 1. The molecule has 1 rings (SSSR count). The van der Waals surface area contributed by atoms with Gasteiger partial charge in [0.05, 0.1) is 14.2 Å². The molecule has 4 heteroatoms. The first-order valence-corrected chi connectivity index (χ1v) is 4.54. The summed E-state index contributed by atoms with van der Waals surface area (Å²) in [5.74, 6) is 0.694. The van der Waals surface area contributed by atoms with Crippen LogP contribution in [0.15, 0.2) is 18.2 Å².